The van der Waals surface area contributed by atoms with Gasteiger partial charge in [-0.3, -0.25) is 14.9 Å². The Kier molecular flexibility index (Phi) is 9.29. The van der Waals surface area contributed by atoms with E-state index in [9.17, 15) is 20.2 Å². The molecule has 0 unspecified atom stereocenters. The van der Waals surface area contributed by atoms with Crippen molar-refractivity contribution >= 4 is 96.1 Å². The van der Waals surface area contributed by atoms with Crippen LogP contribution in [0, 0.1) is 28.6 Å². The number of hydrogen-bond donors (Lipinski definition) is 1. The Balaban J connectivity index is 1.77. The zero-order valence-corrected chi connectivity index (χ0v) is 23.7. The molecule has 3 rings (SSSR count). The number of amides is 1. The first kappa shape index (κ1) is 26.4. The van der Waals surface area contributed by atoms with E-state index in [1.54, 1.807) is 12.1 Å². The van der Waals surface area contributed by atoms with Crippen LogP contribution in [0.1, 0.15) is 11.1 Å². The smallest absolute Gasteiger partial charge is 0.270 e. The van der Waals surface area contributed by atoms with Gasteiger partial charge >= 0.3 is 0 Å². The second-order valence-corrected chi connectivity index (χ2v) is 10.4. The first-order chi connectivity index (χ1) is 16.2. The van der Waals surface area contributed by atoms with E-state index >= 15 is 0 Å². The Hall–Kier alpha value is -2.21. The third-order valence-electron chi connectivity index (χ3n) is 4.40. The molecule has 0 aliphatic carbocycles. The normalized spacial score (nSPS) is 11.0. The highest BCUT2D eigenvalue weighted by Gasteiger charge is 2.15. The molecular formula is C23H13BrClI2N3O4. The summed E-state index contributed by atoms with van der Waals surface area (Å²) >= 11 is 13.4. The third kappa shape index (κ3) is 6.91. The predicted octanol–water partition coefficient (Wildman–Crippen LogP) is 7.34. The van der Waals surface area contributed by atoms with Gasteiger partial charge < -0.3 is 10.1 Å². The fraction of sp³-hybridized carbons (Fsp3) is 0.0435. The van der Waals surface area contributed by atoms with Crippen molar-refractivity contribution in [2.75, 3.05) is 5.32 Å². The molecule has 0 aliphatic rings. The number of hydrogen-bond acceptors (Lipinski definition) is 5. The van der Waals surface area contributed by atoms with Crippen LogP contribution >= 0.6 is 72.7 Å². The highest BCUT2D eigenvalue weighted by Crippen LogP contribution is 2.31. The fourth-order valence-electron chi connectivity index (χ4n) is 2.76. The Morgan fingerprint density at radius 2 is 1.82 bits per heavy atom. The van der Waals surface area contributed by atoms with Gasteiger partial charge in [0.25, 0.3) is 11.6 Å². The standard InChI is InChI=1S/C23H13BrClI2N3O4/c24-18-10-17(30(32)33)5-6-21(18)29-23(31)15(11-28)7-14-8-19(26)22(20(27)9-14)34-12-13-1-3-16(25)4-2-13/h1-10H,12H2,(H,29,31). The minimum Gasteiger partial charge on any atom is -0.487 e. The van der Waals surface area contributed by atoms with Gasteiger partial charge in [0.15, 0.2) is 0 Å². The van der Waals surface area contributed by atoms with Gasteiger partial charge in [-0.1, -0.05) is 23.7 Å². The topological polar surface area (TPSA) is 105 Å². The average Bonchev–Trinajstić information content (AvgIpc) is 2.79. The van der Waals surface area contributed by atoms with Gasteiger partial charge in [-0.25, -0.2) is 0 Å². The number of ether oxygens (including phenoxy) is 1. The number of nitro groups is 1. The van der Waals surface area contributed by atoms with E-state index in [1.807, 2.05) is 30.3 Å². The highest BCUT2D eigenvalue weighted by atomic mass is 127. The van der Waals surface area contributed by atoms with Crippen molar-refractivity contribution in [2.45, 2.75) is 6.61 Å². The van der Waals surface area contributed by atoms with Crippen LogP contribution in [-0.4, -0.2) is 10.8 Å². The van der Waals surface area contributed by atoms with Crippen molar-refractivity contribution in [3.63, 3.8) is 0 Å². The highest BCUT2D eigenvalue weighted by molar-refractivity contribution is 14.1. The molecule has 172 valence electrons. The second-order valence-electron chi connectivity index (χ2n) is 6.77. The molecule has 7 nitrogen and oxygen atoms in total. The summed E-state index contributed by atoms with van der Waals surface area (Å²) in [5.74, 6) is 0.0659. The molecule has 0 spiro atoms. The van der Waals surface area contributed by atoms with Crippen molar-refractivity contribution in [3.05, 3.63) is 98.0 Å². The Morgan fingerprint density at radius 3 is 2.38 bits per heavy atom. The monoisotopic (exact) mass is 763 g/mol. The summed E-state index contributed by atoms with van der Waals surface area (Å²) in [6.45, 7) is 0.369. The molecule has 0 saturated carbocycles. The molecule has 1 N–H and O–H groups in total. The molecule has 0 aromatic heterocycles. The van der Waals surface area contributed by atoms with Gasteiger partial charge in [0.05, 0.1) is 17.8 Å². The summed E-state index contributed by atoms with van der Waals surface area (Å²) in [4.78, 5) is 23.0. The van der Waals surface area contributed by atoms with Gasteiger partial charge in [-0.15, -0.1) is 0 Å². The molecule has 0 fully saturated rings. The number of nitro benzene ring substituents is 1. The van der Waals surface area contributed by atoms with E-state index in [-0.39, 0.29) is 11.3 Å². The minimum atomic E-state index is -0.634. The summed E-state index contributed by atoms with van der Waals surface area (Å²) in [6, 6.07) is 16.8. The molecule has 0 atom stereocenters. The van der Waals surface area contributed by atoms with Crippen molar-refractivity contribution < 1.29 is 14.5 Å². The summed E-state index contributed by atoms with van der Waals surface area (Å²) in [5.41, 5.74) is 1.70. The van der Waals surface area contributed by atoms with Crippen LogP contribution < -0.4 is 10.1 Å². The van der Waals surface area contributed by atoms with E-state index in [0.717, 1.165) is 12.7 Å². The maximum absolute atomic E-state index is 12.6. The summed E-state index contributed by atoms with van der Waals surface area (Å²) in [6.07, 6.45) is 1.47. The lowest BCUT2D eigenvalue weighted by molar-refractivity contribution is -0.384. The van der Waals surface area contributed by atoms with Crippen molar-refractivity contribution in [2.24, 2.45) is 0 Å². The van der Waals surface area contributed by atoms with Crippen LogP contribution in [0.25, 0.3) is 6.08 Å². The van der Waals surface area contributed by atoms with Crippen LogP contribution in [0.4, 0.5) is 11.4 Å². The number of anilines is 1. The number of non-ortho nitro benzene ring substituents is 1. The Bertz CT molecular complexity index is 1320. The van der Waals surface area contributed by atoms with E-state index in [2.05, 4.69) is 66.4 Å². The van der Waals surface area contributed by atoms with Crippen LogP contribution in [-0.2, 0) is 11.4 Å². The molecule has 34 heavy (non-hydrogen) atoms. The number of benzene rings is 3. The molecule has 3 aromatic rings. The number of carbonyl (C=O) groups excluding carboxylic acids is 1. The number of nitrogens with one attached hydrogen (secondary N) is 1. The van der Waals surface area contributed by atoms with Crippen LogP contribution in [0.5, 0.6) is 5.75 Å². The lowest BCUT2D eigenvalue weighted by Gasteiger charge is -2.12. The van der Waals surface area contributed by atoms with Crippen LogP contribution in [0.2, 0.25) is 5.02 Å². The third-order valence-corrected chi connectivity index (χ3v) is 6.92. The minimum absolute atomic E-state index is 0.119. The number of nitriles is 1. The zero-order valence-electron chi connectivity index (χ0n) is 17.0. The van der Waals surface area contributed by atoms with Crippen molar-refractivity contribution in [1.82, 2.24) is 0 Å². The number of carbonyl (C=O) groups is 1. The molecule has 0 aliphatic heterocycles. The summed E-state index contributed by atoms with van der Waals surface area (Å²) < 4.78 is 7.94. The average molecular weight is 765 g/mol. The quantitative estimate of drug-likeness (QED) is 0.0892. The maximum Gasteiger partial charge on any atom is 0.270 e. The first-order valence-corrected chi connectivity index (χ1v) is 12.7. The zero-order chi connectivity index (χ0) is 24.8. The van der Waals surface area contributed by atoms with Gasteiger partial charge in [0.1, 0.15) is 24.0 Å². The molecule has 11 heteroatoms. The summed E-state index contributed by atoms with van der Waals surface area (Å²) in [7, 11) is 0. The summed E-state index contributed by atoms with van der Waals surface area (Å²) in [5, 5.41) is 23.7. The van der Waals surface area contributed by atoms with Crippen molar-refractivity contribution in [3.8, 4) is 11.8 Å². The van der Waals surface area contributed by atoms with Crippen molar-refractivity contribution in [1.29, 1.82) is 5.26 Å². The van der Waals surface area contributed by atoms with Crippen LogP contribution in [0.3, 0.4) is 0 Å². The Labute approximate surface area is 235 Å². The first-order valence-electron chi connectivity index (χ1n) is 9.41. The van der Waals surface area contributed by atoms with Gasteiger partial charge in [-0.2, -0.15) is 5.26 Å². The fourth-order valence-corrected chi connectivity index (χ4v) is 5.48. The molecule has 0 saturated heterocycles. The van der Waals surface area contributed by atoms with Gasteiger partial charge in [0, 0.05) is 21.6 Å². The second kappa shape index (κ2) is 12.0. The molecule has 1 amide bonds. The molecular weight excluding hydrogens is 751 g/mol. The van der Waals surface area contributed by atoms with E-state index < -0.39 is 10.8 Å². The number of halogens is 4. The van der Waals surface area contributed by atoms with E-state index in [1.165, 1.54) is 24.3 Å². The number of nitrogens with zero attached hydrogens (tertiary/aromatic N) is 2. The predicted molar refractivity (Wildman–Crippen MR) is 151 cm³/mol. The largest absolute Gasteiger partial charge is 0.487 e. The molecule has 0 bridgehead atoms. The lowest BCUT2D eigenvalue weighted by atomic mass is 10.1. The lowest BCUT2D eigenvalue weighted by Crippen LogP contribution is -2.14. The van der Waals surface area contributed by atoms with E-state index in [0.29, 0.717) is 33.1 Å². The molecule has 0 heterocycles. The maximum atomic E-state index is 12.6. The molecule has 3 aromatic carbocycles. The van der Waals surface area contributed by atoms with Crippen LogP contribution in [0.15, 0.2) is 64.6 Å². The van der Waals surface area contributed by atoms with Gasteiger partial charge in [0.2, 0.25) is 0 Å². The SMILES string of the molecule is N#CC(=Cc1cc(I)c(OCc2ccc(Cl)cc2)c(I)c1)C(=O)Nc1ccc([N+](=O)[O-])cc1Br. The number of rotatable bonds is 7. The Morgan fingerprint density at radius 1 is 1.18 bits per heavy atom. The van der Waals surface area contributed by atoms with E-state index in [4.69, 9.17) is 16.3 Å². The molecule has 0 radical (unpaired) electrons. The van der Waals surface area contributed by atoms with Gasteiger partial charge in [-0.05, 0) is 109 Å².